The van der Waals surface area contributed by atoms with Crippen LogP contribution in [0.3, 0.4) is 0 Å². The molecule has 0 saturated carbocycles. The Kier molecular flexibility index (Phi) is 8.32. The second kappa shape index (κ2) is 6.75. The van der Waals surface area contributed by atoms with Gasteiger partial charge < -0.3 is 19.0 Å². The molecule has 6 heteroatoms. The minimum atomic E-state index is -2.41. The summed E-state index contributed by atoms with van der Waals surface area (Å²) in [4.78, 5) is 0. The van der Waals surface area contributed by atoms with Crippen molar-refractivity contribution in [1.82, 2.24) is 0 Å². The summed E-state index contributed by atoms with van der Waals surface area (Å²) in [5, 5.41) is 0. The minimum absolute atomic E-state index is 0. The van der Waals surface area contributed by atoms with Crippen molar-refractivity contribution in [2.75, 3.05) is 21.3 Å². The zero-order valence-electron chi connectivity index (χ0n) is 7.59. The van der Waals surface area contributed by atoms with Gasteiger partial charge in [0.2, 0.25) is 0 Å². The molecular weight excluding hydrogens is 190 g/mol. The van der Waals surface area contributed by atoms with Gasteiger partial charge >= 0.3 is 8.80 Å². The first kappa shape index (κ1) is 14.8. The van der Waals surface area contributed by atoms with E-state index in [1.165, 1.54) is 0 Å². The van der Waals surface area contributed by atoms with Gasteiger partial charge in [-0.1, -0.05) is 0 Å². The Bertz CT molecular complexity index is 101. The Morgan fingerprint density at radius 2 is 1.50 bits per heavy atom. The van der Waals surface area contributed by atoms with Crippen LogP contribution >= 0.6 is 0 Å². The van der Waals surface area contributed by atoms with Crippen LogP contribution in [0.1, 0.15) is 6.92 Å². The molecule has 76 valence electrons. The molecule has 0 radical (unpaired) electrons. The highest BCUT2D eigenvalue weighted by atomic mass is 28.4. The van der Waals surface area contributed by atoms with Gasteiger partial charge in [0.25, 0.3) is 0 Å². The Balaban J connectivity index is 0. The predicted molar refractivity (Wildman–Crippen MR) is 56.6 cm³/mol. The summed E-state index contributed by atoms with van der Waals surface area (Å²) in [7, 11) is 2.35. The van der Waals surface area contributed by atoms with Gasteiger partial charge in [0.15, 0.2) is 0 Å². The van der Waals surface area contributed by atoms with Crippen molar-refractivity contribution in [1.29, 1.82) is 0 Å². The molecule has 0 saturated heterocycles. The molecule has 0 aliphatic carbocycles. The van der Waals surface area contributed by atoms with E-state index in [2.05, 4.69) is 0 Å². The molecule has 0 aliphatic rings. The molecule has 0 bridgehead atoms. The first-order chi connectivity index (χ1) is 5.10. The fourth-order valence-corrected chi connectivity index (χ4v) is 2.68. The third-order valence-electron chi connectivity index (χ3n) is 1.50. The lowest BCUT2D eigenvalue weighted by atomic mass is 10.4. The zero-order valence-corrected chi connectivity index (χ0v) is 8.59. The third kappa shape index (κ3) is 4.34. The van der Waals surface area contributed by atoms with Crippen molar-refractivity contribution in [3.8, 4) is 0 Å². The normalized spacial score (nSPS) is 13.8. The van der Waals surface area contributed by atoms with Gasteiger partial charge in [-0.15, -0.1) is 0 Å². The van der Waals surface area contributed by atoms with Crippen LogP contribution in [-0.4, -0.2) is 47.1 Å². The van der Waals surface area contributed by atoms with Crippen LogP contribution in [0.15, 0.2) is 0 Å². The number of hydrogen-bond acceptors (Lipinski definition) is 4. The summed E-state index contributed by atoms with van der Waals surface area (Å²) in [5.74, 6) is 0. The molecule has 0 heterocycles. The lowest BCUT2D eigenvalue weighted by Crippen LogP contribution is -2.46. The van der Waals surface area contributed by atoms with Crippen LogP contribution in [0.5, 0.6) is 0 Å². The van der Waals surface area contributed by atoms with E-state index >= 15 is 0 Å². The van der Waals surface area contributed by atoms with E-state index in [1.54, 1.807) is 21.3 Å². The Hall–Kier alpha value is 0.274. The Labute approximate surface area is 79.8 Å². The van der Waals surface area contributed by atoms with Gasteiger partial charge in [0.1, 0.15) is 0 Å². The lowest BCUT2D eigenvalue weighted by molar-refractivity contribution is 0.122. The van der Waals surface area contributed by atoms with Crippen LogP contribution in [-0.2, 0) is 13.3 Å². The molecule has 0 aliphatic heterocycles. The maximum atomic E-state index is 5.60. The molecule has 2 N–H and O–H groups in total. The largest absolute Gasteiger partial charge is 0.501 e. The van der Waals surface area contributed by atoms with Gasteiger partial charge in [0, 0.05) is 33.4 Å². The highest BCUT2D eigenvalue weighted by Gasteiger charge is 2.38. The average molecular weight is 211 g/mol. The van der Waals surface area contributed by atoms with E-state index in [9.17, 15) is 0 Å². The minimum Gasteiger partial charge on any atom is -0.377 e. The fraction of sp³-hybridized carbons (Fsp3) is 1.00. The second-order valence-electron chi connectivity index (χ2n) is 2.48. The molecule has 0 rings (SSSR count). The van der Waals surface area contributed by atoms with E-state index in [4.69, 9.17) is 19.0 Å². The van der Waals surface area contributed by atoms with Crippen molar-refractivity contribution in [3.05, 3.63) is 0 Å². The molecule has 0 aromatic heterocycles. The molecule has 4 nitrogen and oxygen atoms in total. The summed E-state index contributed by atoms with van der Waals surface area (Å²) in [6.07, 6.45) is 0. The quantitative estimate of drug-likeness (QED) is 0.578. The molecule has 0 amide bonds. The van der Waals surface area contributed by atoms with Crippen molar-refractivity contribution >= 4 is 19.8 Å². The molecule has 0 fully saturated rings. The first-order valence-corrected chi connectivity index (χ1v) is 5.44. The molecule has 12 heavy (non-hydrogen) atoms. The second-order valence-corrected chi connectivity index (χ2v) is 5.48. The Morgan fingerprint density at radius 3 is 1.58 bits per heavy atom. The smallest absolute Gasteiger partial charge is 0.377 e. The summed E-state index contributed by atoms with van der Waals surface area (Å²) in [6.45, 7) is 1.90. The van der Waals surface area contributed by atoms with E-state index in [1.807, 2.05) is 6.92 Å². The summed E-state index contributed by atoms with van der Waals surface area (Å²) in [6, 6.07) is 0.692. The fourth-order valence-electron chi connectivity index (χ4n) is 0.894. The molecule has 0 spiro atoms. The van der Waals surface area contributed by atoms with Gasteiger partial charge in [-0.05, 0) is 17.9 Å². The van der Waals surface area contributed by atoms with Gasteiger partial charge in [-0.2, -0.15) is 0 Å². The monoisotopic (exact) mass is 211 g/mol. The third-order valence-corrected chi connectivity index (χ3v) is 4.51. The average Bonchev–Trinajstić information content (AvgIpc) is 2.00. The maximum Gasteiger partial charge on any atom is 0.501 e. The van der Waals surface area contributed by atoms with Crippen LogP contribution in [0.25, 0.3) is 0 Å². The SMILES string of the molecule is CO[Si](CC(C)N)(OC)OC.[SiH4]. The first-order valence-electron chi connectivity index (χ1n) is 3.51. The van der Waals surface area contributed by atoms with Gasteiger partial charge in [-0.25, -0.2) is 0 Å². The van der Waals surface area contributed by atoms with Crippen LogP contribution < -0.4 is 5.73 Å². The highest BCUT2D eigenvalue weighted by Crippen LogP contribution is 2.13. The topological polar surface area (TPSA) is 53.7 Å². The maximum absolute atomic E-state index is 5.60. The number of hydrogen-bond donors (Lipinski definition) is 1. The number of nitrogens with two attached hydrogens (primary N) is 1. The van der Waals surface area contributed by atoms with E-state index < -0.39 is 8.80 Å². The van der Waals surface area contributed by atoms with Gasteiger partial charge in [-0.3, -0.25) is 0 Å². The van der Waals surface area contributed by atoms with Crippen molar-refractivity contribution in [2.45, 2.75) is 19.0 Å². The number of rotatable bonds is 5. The van der Waals surface area contributed by atoms with E-state index in [-0.39, 0.29) is 17.0 Å². The predicted octanol–water partition coefficient (Wildman–Crippen LogP) is -1.24. The van der Waals surface area contributed by atoms with Crippen LogP contribution in [0.2, 0.25) is 6.04 Å². The molecule has 1 atom stereocenters. The van der Waals surface area contributed by atoms with Gasteiger partial charge in [0.05, 0.1) is 0 Å². The summed E-state index contributed by atoms with van der Waals surface area (Å²) >= 11 is 0. The Morgan fingerprint density at radius 1 is 1.17 bits per heavy atom. The van der Waals surface area contributed by atoms with Crippen LogP contribution in [0, 0.1) is 0 Å². The van der Waals surface area contributed by atoms with E-state index in [0.29, 0.717) is 6.04 Å². The van der Waals surface area contributed by atoms with E-state index in [0.717, 1.165) is 0 Å². The molecular formula is C6H21NO3Si2. The molecule has 1 unspecified atom stereocenters. The van der Waals surface area contributed by atoms with Crippen LogP contribution in [0.4, 0.5) is 0 Å². The standard InChI is InChI=1S/C6H17NO3Si.H4Si/c1-6(7)5-11(8-2,9-3)10-4;/h6H,5,7H2,1-4H3;1H4. The summed E-state index contributed by atoms with van der Waals surface area (Å²) < 4.78 is 15.5. The lowest BCUT2D eigenvalue weighted by Gasteiger charge is -2.25. The van der Waals surface area contributed by atoms with Crippen molar-refractivity contribution in [3.63, 3.8) is 0 Å². The summed E-state index contributed by atoms with van der Waals surface area (Å²) in [5.41, 5.74) is 5.60. The molecule has 0 aromatic rings. The highest BCUT2D eigenvalue weighted by molar-refractivity contribution is 6.60. The molecule has 0 aromatic carbocycles. The van der Waals surface area contributed by atoms with Crippen molar-refractivity contribution in [2.24, 2.45) is 5.73 Å². The zero-order chi connectivity index (χ0) is 8.91. The van der Waals surface area contributed by atoms with Crippen molar-refractivity contribution < 1.29 is 13.3 Å².